The molecule has 4 heteroatoms. The SMILES string of the molecule is OCC=CCO.OCCC=CCCO. The van der Waals surface area contributed by atoms with Gasteiger partial charge in [0.25, 0.3) is 0 Å². The van der Waals surface area contributed by atoms with Crippen LogP contribution in [0.25, 0.3) is 0 Å². The molecule has 0 fully saturated rings. The molecule has 0 aromatic heterocycles. The summed E-state index contributed by atoms with van der Waals surface area (Å²) in [5.74, 6) is 0. The monoisotopic (exact) mass is 204 g/mol. The summed E-state index contributed by atoms with van der Waals surface area (Å²) < 4.78 is 0. The average Bonchev–Trinajstić information content (AvgIpc) is 2.22. The van der Waals surface area contributed by atoms with Crippen LogP contribution in [0.3, 0.4) is 0 Å². The Morgan fingerprint density at radius 1 is 0.571 bits per heavy atom. The van der Waals surface area contributed by atoms with Crippen molar-refractivity contribution in [2.75, 3.05) is 26.4 Å². The Hall–Kier alpha value is -0.680. The maximum Gasteiger partial charge on any atom is 0.0613 e. The minimum absolute atomic E-state index is 0.0144. The molecule has 0 heterocycles. The van der Waals surface area contributed by atoms with Crippen molar-refractivity contribution in [3.05, 3.63) is 24.3 Å². The highest BCUT2D eigenvalue weighted by Crippen LogP contribution is 1.83. The van der Waals surface area contributed by atoms with Crippen LogP contribution in [0.2, 0.25) is 0 Å². The summed E-state index contributed by atoms with van der Waals surface area (Å²) in [6.07, 6.45) is 8.08. The van der Waals surface area contributed by atoms with Crippen LogP contribution in [0.1, 0.15) is 12.8 Å². The van der Waals surface area contributed by atoms with Gasteiger partial charge in [-0.2, -0.15) is 0 Å². The van der Waals surface area contributed by atoms with Gasteiger partial charge < -0.3 is 20.4 Å². The normalized spacial score (nSPS) is 10.6. The molecule has 14 heavy (non-hydrogen) atoms. The predicted octanol–water partition coefficient (Wildman–Crippen LogP) is -0.165. The Morgan fingerprint density at radius 2 is 0.929 bits per heavy atom. The molecule has 0 aliphatic rings. The summed E-state index contributed by atoms with van der Waals surface area (Å²) in [5.41, 5.74) is 0. The van der Waals surface area contributed by atoms with Crippen LogP contribution in [-0.2, 0) is 0 Å². The van der Waals surface area contributed by atoms with E-state index in [0.29, 0.717) is 12.8 Å². The van der Waals surface area contributed by atoms with Crippen molar-refractivity contribution in [1.82, 2.24) is 0 Å². The molecule has 0 bridgehead atoms. The smallest absolute Gasteiger partial charge is 0.0613 e. The molecule has 0 saturated carbocycles. The minimum atomic E-state index is 0.0144. The molecule has 0 atom stereocenters. The predicted molar refractivity (Wildman–Crippen MR) is 55.9 cm³/mol. The van der Waals surface area contributed by atoms with Crippen LogP contribution in [0, 0.1) is 0 Å². The maximum absolute atomic E-state index is 8.25. The average molecular weight is 204 g/mol. The molecule has 0 spiro atoms. The highest BCUT2D eigenvalue weighted by molar-refractivity contribution is 4.80. The fourth-order valence-corrected chi connectivity index (χ4v) is 0.534. The first-order chi connectivity index (χ1) is 6.83. The van der Waals surface area contributed by atoms with Gasteiger partial charge in [0.1, 0.15) is 0 Å². The van der Waals surface area contributed by atoms with E-state index >= 15 is 0 Å². The van der Waals surface area contributed by atoms with Gasteiger partial charge >= 0.3 is 0 Å². The zero-order valence-corrected chi connectivity index (χ0v) is 8.34. The third-order valence-corrected chi connectivity index (χ3v) is 1.14. The van der Waals surface area contributed by atoms with Gasteiger partial charge in [-0.3, -0.25) is 0 Å². The van der Waals surface area contributed by atoms with E-state index in [9.17, 15) is 0 Å². The number of aliphatic hydroxyl groups is 4. The van der Waals surface area contributed by atoms with E-state index in [1.807, 2.05) is 12.2 Å². The maximum atomic E-state index is 8.25. The second kappa shape index (κ2) is 18.2. The summed E-state index contributed by atoms with van der Waals surface area (Å²) >= 11 is 0. The van der Waals surface area contributed by atoms with Gasteiger partial charge in [-0.25, -0.2) is 0 Å². The van der Waals surface area contributed by atoms with E-state index < -0.39 is 0 Å². The van der Waals surface area contributed by atoms with Crippen molar-refractivity contribution in [2.24, 2.45) is 0 Å². The second-order valence-electron chi connectivity index (χ2n) is 2.33. The highest BCUT2D eigenvalue weighted by Gasteiger charge is 1.73. The van der Waals surface area contributed by atoms with Gasteiger partial charge in [0.2, 0.25) is 0 Å². The van der Waals surface area contributed by atoms with Gasteiger partial charge in [-0.15, -0.1) is 0 Å². The molecule has 0 unspecified atom stereocenters. The van der Waals surface area contributed by atoms with E-state index in [-0.39, 0.29) is 26.4 Å². The van der Waals surface area contributed by atoms with Crippen molar-refractivity contribution < 1.29 is 20.4 Å². The van der Waals surface area contributed by atoms with E-state index in [1.165, 1.54) is 12.2 Å². The lowest BCUT2D eigenvalue weighted by Gasteiger charge is -1.83. The van der Waals surface area contributed by atoms with Crippen molar-refractivity contribution in [2.45, 2.75) is 12.8 Å². The first-order valence-electron chi connectivity index (χ1n) is 4.56. The summed E-state index contributed by atoms with van der Waals surface area (Å²) in [7, 11) is 0. The molecule has 84 valence electrons. The van der Waals surface area contributed by atoms with Crippen molar-refractivity contribution in [3.8, 4) is 0 Å². The van der Waals surface area contributed by atoms with Crippen molar-refractivity contribution in [3.63, 3.8) is 0 Å². The molecule has 0 aromatic carbocycles. The van der Waals surface area contributed by atoms with Crippen LogP contribution < -0.4 is 0 Å². The minimum Gasteiger partial charge on any atom is -0.396 e. The Labute approximate surface area is 84.8 Å². The van der Waals surface area contributed by atoms with E-state index in [4.69, 9.17) is 20.4 Å². The third-order valence-electron chi connectivity index (χ3n) is 1.14. The zero-order chi connectivity index (χ0) is 11.1. The molecule has 0 radical (unpaired) electrons. The van der Waals surface area contributed by atoms with Crippen molar-refractivity contribution in [1.29, 1.82) is 0 Å². The summed E-state index contributed by atoms with van der Waals surface area (Å²) in [6.45, 7) is 0.422. The summed E-state index contributed by atoms with van der Waals surface area (Å²) in [6, 6.07) is 0. The number of hydrogen-bond donors (Lipinski definition) is 4. The fourth-order valence-electron chi connectivity index (χ4n) is 0.534. The van der Waals surface area contributed by atoms with Gasteiger partial charge in [0.05, 0.1) is 13.2 Å². The topological polar surface area (TPSA) is 80.9 Å². The van der Waals surface area contributed by atoms with E-state index in [2.05, 4.69) is 0 Å². The molecule has 4 N–H and O–H groups in total. The standard InChI is InChI=1S/C6H12O2.C4H8O2/c7-5-3-1-2-4-6-8;5-3-1-2-4-6/h1-2,7-8H,3-6H2;1-2,5-6H,3-4H2. The molecular weight excluding hydrogens is 184 g/mol. The molecule has 4 nitrogen and oxygen atoms in total. The summed E-state index contributed by atoms with van der Waals surface area (Å²) in [5, 5.41) is 32.5. The first kappa shape index (κ1) is 15.8. The highest BCUT2D eigenvalue weighted by atomic mass is 16.3. The molecule has 0 amide bonds. The van der Waals surface area contributed by atoms with Gasteiger partial charge in [-0.05, 0) is 12.8 Å². The van der Waals surface area contributed by atoms with E-state index in [1.54, 1.807) is 0 Å². The van der Waals surface area contributed by atoms with Crippen LogP contribution in [-0.4, -0.2) is 46.9 Å². The summed E-state index contributed by atoms with van der Waals surface area (Å²) in [4.78, 5) is 0. The van der Waals surface area contributed by atoms with E-state index in [0.717, 1.165) is 0 Å². The Bertz CT molecular complexity index is 118. The van der Waals surface area contributed by atoms with Crippen LogP contribution >= 0.6 is 0 Å². The number of hydrogen-bond acceptors (Lipinski definition) is 4. The molecule has 0 aliphatic heterocycles. The van der Waals surface area contributed by atoms with Crippen LogP contribution in [0.5, 0.6) is 0 Å². The molecule has 0 saturated heterocycles. The third kappa shape index (κ3) is 22.5. The zero-order valence-electron chi connectivity index (χ0n) is 8.34. The Balaban J connectivity index is 0. The molecule has 0 aliphatic carbocycles. The van der Waals surface area contributed by atoms with Gasteiger partial charge in [0.15, 0.2) is 0 Å². The molecular formula is C10H20O4. The number of aliphatic hydroxyl groups excluding tert-OH is 4. The quantitative estimate of drug-likeness (QED) is 0.453. The Kier molecular flexibility index (Phi) is 20.5. The lowest BCUT2D eigenvalue weighted by atomic mass is 10.3. The number of rotatable bonds is 6. The molecule has 0 aromatic rings. The lowest BCUT2D eigenvalue weighted by molar-refractivity contribution is 0.298. The van der Waals surface area contributed by atoms with Gasteiger partial charge in [0, 0.05) is 13.2 Å². The largest absolute Gasteiger partial charge is 0.396 e. The second-order valence-corrected chi connectivity index (χ2v) is 2.33. The van der Waals surface area contributed by atoms with Crippen molar-refractivity contribution >= 4 is 0 Å². The fraction of sp³-hybridized carbons (Fsp3) is 0.600. The first-order valence-corrected chi connectivity index (χ1v) is 4.56. The Morgan fingerprint density at radius 3 is 1.14 bits per heavy atom. The van der Waals surface area contributed by atoms with Gasteiger partial charge in [-0.1, -0.05) is 24.3 Å². The lowest BCUT2D eigenvalue weighted by Crippen LogP contribution is -1.78. The van der Waals surface area contributed by atoms with Crippen LogP contribution in [0.4, 0.5) is 0 Å². The molecule has 0 rings (SSSR count). The van der Waals surface area contributed by atoms with Crippen LogP contribution in [0.15, 0.2) is 24.3 Å².